The summed E-state index contributed by atoms with van der Waals surface area (Å²) in [5.41, 5.74) is 3.33. The van der Waals surface area contributed by atoms with Crippen molar-refractivity contribution in [1.29, 1.82) is 0 Å². The summed E-state index contributed by atoms with van der Waals surface area (Å²) in [6.07, 6.45) is 0.971. The molecule has 3 aromatic rings. The van der Waals surface area contributed by atoms with Gasteiger partial charge in [0.05, 0.1) is 16.5 Å². The monoisotopic (exact) mass is 334 g/mol. The first-order valence-corrected chi connectivity index (χ1v) is 8.14. The van der Waals surface area contributed by atoms with Crippen molar-refractivity contribution >= 4 is 11.0 Å². The quantitative estimate of drug-likeness (QED) is 0.622. The van der Waals surface area contributed by atoms with Crippen LogP contribution in [0.1, 0.15) is 12.5 Å². The molecule has 0 unspecified atom stereocenters. The second kappa shape index (κ2) is 7.50. The van der Waals surface area contributed by atoms with Gasteiger partial charge in [0.15, 0.2) is 0 Å². The lowest BCUT2D eigenvalue weighted by Gasteiger charge is -2.17. The van der Waals surface area contributed by atoms with Crippen LogP contribution in [0.3, 0.4) is 0 Å². The van der Waals surface area contributed by atoms with Crippen molar-refractivity contribution in [2.24, 2.45) is 0 Å². The Morgan fingerprint density at radius 3 is 2.04 bits per heavy atom. The summed E-state index contributed by atoms with van der Waals surface area (Å²) >= 11 is 0. The normalized spacial score (nSPS) is 11.0. The number of hydrogen-bond acceptors (Lipinski definition) is 4. The summed E-state index contributed by atoms with van der Waals surface area (Å²) in [4.78, 5) is 0. The van der Waals surface area contributed by atoms with Gasteiger partial charge in [0.25, 0.3) is 0 Å². The average molecular weight is 335 g/mol. The van der Waals surface area contributed by atoms with Crippen LogP contribution in [-0.2, 0) is 6.42 Å². The molecule has 0 aliphatic rings. The second-order valence-corrected chi connectivity index (χ2v) is 5.49. The van der Waals surface area contributed by atoms with E-state index in [-0.39, 0.29) is 0 Å². The van der Waals surface area contributed by atoms with E-state index in [1.807, 2.05) is 36.4 Å². The molecule has 0 atom stereocenters. The Balaban J connectivity index is 0.000000338. The summed E-state index contributed by atoms with van der Waals surface area (Å²) in [6.45, 7) is 2.16. The predicted octanol–water partition coefficient (Wildman–Crippen LogP) is 0.187. The Hall–Kier alpha value is -2.02. The number of para-hydroxylation sites is 1. The van der Waals surface area contributed by atoms with Crippen molar-refractivity contribution in [2.75, 3.05) is 0 Å². The van der Waals surface area contributed by atoms with Gasteiger partial charge in [0.1, 0.15) is 0 Å². The van der Waals surface area contributed by atoms with Crippen LogP contribution in [0.2, 0.25) is 0 Å². The van der Waals surface area contributed by atoms with Crippen LogP contribution in [0.25, 0.3) is 22.3 Å². The van der Waals surface area contributed by atoms with Gasteiger partial charge in [-0.3, -0.25) is 0 Å². The first kappa shape index (κ1) is 17.3. The molecule has 6 heteroatoms. The number of benzene rings is 2. The number of hydrogen-bond donors (Lipinski definition) is 0. The maximum atomic E-state index is 8.49. The fourth-order valence-corrected chi connectivity index (χ4v) is 2.22. The van der Waals surface area contributed by atoms with Gasteiger partial charge in [0.2, 0.25) is 0 Å². The van der Waals surface area contributed by atoms with Gasteiger partial charge in [-0.05, 0) is 30.7 Å². The van der Waals surface area contributed by atoms with Gasteiger partial charge >= 0.3 is 11.3 Å². The fourth-order valence-electron chi connectivity index (χ4n) is 2.22. The van der Waals surface area contributed by atoms with E-state index in [4.69, 9.17) is 23.1 Å². The maximum Gasteiger partial charge on any atom is 0.363 e. The van der Waals surface area contributed by atoms with Crippen molar-refractivity contribution in [3.8, 4) is 11.3 Å². The highest BCUT2D eigenvalue weighted by Gasteiger charge is 2.19. The molecule has 0 bridgehead atoms. The zero-order valence-corrected chi connectivity index (χ0v) is 13.2. The first-order valence-electron chi connectivity index (χ1n) is 6.90. The third-order valence-electron chi connectivity index (χ3n) is 3.17. The summed E-state index contributed by atoms with van der Waals surface area (Å²) in [6, 6.07) is 20.7. The van der Waals surface area contributed by atoms with Gasteiger partial charge in [-0.2, -0.15) is 0 Å². The summed E-state index contributed by atoms with van der Waals surface area (Å²) in [7, 11) is -4.94. The lowest BCUT2D eigenvalue weighted by molar-refractivity contribution is -2.00. The Kier molecular flexibility index (Phi) is 5.65. The molecule has 0 fully saturated rings. The lowest BCUT2D eigenvalue weighted by atomic mass is 10.0. The smallest absolute Gasteiger partial charge is 0.222 e. The Labute approximate surface area is 135 Å². The van der Waals surface area contributed by atoms with Crippen LogP contribution in [0.4, 0.5) is 0 Å². The van der Waals surface area contributed by atoms with E-state index >= 15 is 0 Å². The predicted molar refractivity (Wildman–Crippen MR) is 75.4 cm³/mol. The first-order chi connectivity index (χ1) is 10.9. The van der Waals surface area contributed by atoms with Gasteiger partial charge in [-0.1, -0.05) is 37.3 Å². The molecule has 0 saturated heterocycles. The average Bonchev–Trinajstić information content (AvgIpc) is 2.53. The molecule has 0 radical (unpaired) electrons. The van der Waals surface area contributed by atoms with Crippen molar-refractivity contribution in [1.82, 2.24) is 0 Å². The summed E-state index contributed by atoms with van der Waals surface area (Å²) in [5, 5.41) is 1.16. The van der Waals surface area contributed by atoms with Gasteiger partial charge < -0.3 is 0 Å². The number of fused-ring (bicyclic) bond motifs is 1. The minimum atomic E-state index is -4.94. The molecule has 0 saturated carbocycles. The molecule has 2 aromatic carbocycles. The molecule has 0 aliphatic carbocycles. The van der Waals surface area contributed by atoms with E-state index < -0.39 is 10.2 Å². The van der Waals surface area contributed by atoms with E-state index in [1.165, 1.54) is 5.56 Å². The van der Waals surface area contributed by atoms with E-state index in [0.717, 1.165) is 28.7 Å². The minimum absolute atomic E-state index is 0.938. The highest BCUT2D eigenvalue weighted by atomic mass is 35.7. The molecule has 0 amide bonds. The van der Waals surface area contributed by atoms with Crippen molar-refractivity contribution in [3.05, 3.63) is 66.2 Å². The van der Waals surface area contributed by atoms with E-state index in [9.17, 15) is 0 Å². The molecule has 0 spiro atoms. The van der Waals surface area contributed by atoms with E-state index in [0.29, 0.717) is 0 Å². The Morgan fingerprint density at radius 1 is 0.870 bits per heavy atom. The van der Waals surface area contributed by atoms with E-state index in [2.05, 4.69) is 31.2 Å². The van der Waals surface area contributed by atoms with Gasteiger partial charge in [-0.15, -0.1) is 10.2 Å². The van der Waals surface area contributed by atoms with Crippen LogP contribution in [-0.4, -0.2) is 0 Å². The Morgan fingerprint density at radius 2 is 1.43 bits per heavy atom. The molecule has 120 valence electrons. The fraction of sp³-hybridized carbons (Fsp3) is 0.118. The number of halogens is 1. The third kappa shape index (κ3) is 5.28. The SMILES string of the molecule is CCc1cc2ccccc2[o+]c1-c1ccccc1.[O-][Cl+3]([O-])([O-])[O-]. The van der Waals surface area contributed by atoms with E-state index in [1.54, 1.807) is 0 Å². The topological polar surface area (TPSA) is 104 Å². The molecule has 1 aromatic heterocycles. The molecule has 23 heavy (non-hydrogen) atoms. The molecule has 0 N–H and O–H groups in total. The largest absolute Gasteiger partial charge is 0.363 e. The zero-order valence-electron chi connectivity index (χ0n) is 12.4. The molecule has 0 aliphatic heterocycles. The molecule has 3 rings (SSSR count). The van der Waals surface area contributed by atoms with Crippen molar-refractivity contribution in [3.63, 3.8) is 0 Å². The summed E-state index contributed by atoms with van der Waals surface area (Å²) < 4.78 is 40.0. The third-order valence-corrected chi connectivity index (χ3v) is 3.17. The standard InChI is InChI=1S/C17H15O.ClHO4/c1-2-13-12-15-10-6-7-11-16(15)18-17(13)14-8-4-3-5-9-14;2-1(3,4)5/h3-12H,2H2,1H3;(H,2,3,4,5)/q+1;/p-1. The second-order valence-electron chi connectivity index (χ2n) is 4.74. The highest BCUT2D eigenvalue weighted by Crippen LogP contribution is 2.28. The van der Waals surface area contributed by atoms with Crippen LogP contribution < -0.4 is 18.6 Å². The summed E-state index contributed by atoms with van der Waals surface area (Å²) in [5.74, 6) is 0.983. The van der Waals surface area contributed by atoms with Crippen molar-refractivity contribution < 1.29 is 33.3 Å². The number of aryl methyl sites for hydroxylation is 1. The minimum Gasteiger partial charge on any atom is -0.222 e. The van der Waals surface area contributed by atoms with Crippen LogP contribution in [0, 0.1) is 10.2 Å². The number of rotatable bonds is 2. The molecule has 1 heterocycles. The van der Waals surface area contributed by atoms with Crippen LogP contribution in [0.15, 0.2) is 65.1 Å². The highest BCUT2D eigenvalue weighted by molar-refractivity contribution is 5.80. The van der Waals surface area contributed by atoms with Crippen LogP contribution >= 0.6 is 0 Å². The Bertz CT molecular complexity index is 763. The molecular weight excluding hydrogens is 320 g/mol. The van der Waals surface area contributed by atoms with Gasteiger partial charge in [-0.25, -0.2) is 23.1 Å². The molecule has 5 nitrogen and oxygen atoms in total. The lowest BCUT2D eigenvalue weighted by Crippen LogP contribution is -2.68. The van der Waals surface area contributed by atoms with Crippen LogP contribution in [0.5, 0.6) is 0 Å². The van der Waals surface area contributed by atoms with Gasteiger partial charge in [0, 0.05) is 6.07 Å². The zero-order chi connectivity index (χ0) is 16.9. The maximum absolute atomic E-state index is 8.49. The molecular formula is C17H15ClO5. The van der Waals surface area contributed by atoms with Crippen molar-refractivity contribution in [2.45, 2.75) is 13.3 Å².